The number of allylic oxidation sites excluding steroid dienone is 6. The topological polar surface area (TPSA) is 113 Å². The highest BCUT2D eigenvalue weighted by Gasteiger charge is 2.34. The van der Waals surface area contributed by atoms with E-state index in [0.717, 1.165) is 58.0 Å². The predicted molar refractivity (Wildman–Crippen MR) is 195 cm³/mol. The molecule has 4 aromatic heterocycles. The summed E-state index contributed by atoms with van der Waals surface area (Å²) >= 11 is 26.7. The second-order valence-electron chi connectivity index (χ2n) is 14.3. The van der Waals surface area contributed by atoms with Crippen LogP contribution in [0.2, 0.25) is 10.3 Å². The Kier molecular flexibility index (Phi) is 9.52. The van der Waals surface area contributed by atoms with Crippen LogP contribution in [-0.4, -0.2) is 34.4 Å². The summed E-state index contributed by atoms with van der Waals surface area (Å²) < 4.78 is 4.02. The molecule has 0 saturated heterocycles. The number of nitrogens with two attached hydrogens (primary N) is 2. The number of nitrogen functional groups attached to an aromatic ring is 2. The van der Waals surface area contributed by atoms with Crippen LogP contribution >= 0.6 is 46.4 Å². The van der Waals surface area contributed by atoms with Gasteiger partial charge in [0, 0.05) is 38.5 Å². The van der Waals surface area contributed by atoms with Gasteiger partial charge < -0.3 is 20.6 Å². The van der Waals surface area contributed by atoms with Crippen LogP contribution in [0.3, 0.4) is 0 Å². The Hall–Kier alpha value is -2.78. The Morgan fingerprint density at radius 1 is 0.826 bits per heavy atom. The van der Waals surface area contributed by atoms with E-state index < -0.39 is 0 Å². The standard InChI is InChI=1S/C17H22Cl2N4.C17H20Cl2N4/c2*1-9-5-6-11(18)10(7-9)12-13-15(20)21-8-22-16(13)23(14(12)19)17(2,3)4/h7-8,10-11H,5-6H2,1-4H3,(H2,20,21,22);5-6,8-9H,7H2,1-4H3,(H2,20,21,22)/t10?,11-;9-/m01/s1. The number of hydrogen-bond acceptors (Lipinski definition) is 6. The van der Waals surface area contributed by atoms with Gasteiger partial charge in [-0.15, -0.1) is 11.6 Å². The minimum Gasteiger partial charge on any atom is -0.383 e. The van der Waals surface area contributed by atoms with E-state index in [4.69, 9.17) is 57.9 Å². The molecule has 2 aliphatic rings. The number of rotatable bonds is 2. The van der Waals surface area contributed by atoms with E-state index in [0.29, 0.717) is 32.9 Å². The lowest BCUT2D eigenvalue weighted by Crippen LogP contribution is -2.22. The van der Waals surface area contributed by atoms with Crippen molar-refractivity contribution in [3.63, 3.8) is 0 Å². The van der Waals surface area contributed by atoms with Crippen molar-refractivity contribution in [2.45, 2.75) is 97.0 Å². The quantitative estimate of drug-likeness (QED) is 0.159. The zero-order valence-corrected chi connectivity index (χ0v) is 30.6. The third kappa shape index (κ3) is 6.26. The Balaban J connectivity index is 0.000000181. The minimum absolute atomic E-state index is 0.00479. The predicted octanol–water partition coefficient (Wildman–Crippen LogP) is 9.82. The summed E-state index contributed by atoms with van der Waals surface area (Å²) in [4.78, 5) is 17.2. The molecule has 4 aromatic rings. The molecule has 0 bridgehead atoms. The van der Waals surface area contributed by atoms with Crippen LogP contribution in [0.1, 0.15) is 91.7 Å². The van der Waals surface area contributed by atoms with Crippen molar-refractivity contribution >= 4 is 85.7 Å². The van der Waals surface area contributed by atoms with Crippen molar-refractivity contribution in [2.75, 3.05) is 11.5 Å². The SMILES string of the molecule is CC1=CC(c2c(Cl)n(C(C)(C)C)c3ncnc(N)c23)[C@@H](Cl)CC1.C[C@@H]1C=CC(Cl)=C(c2c(Cl)n(C(C)(C)C)c3ncnc(N)c23)C1. The summed E-state index contributed by atoms with van der Waals surface area (Å²) in [5.41, 5.74) is 17.5. The van der Waals surface area contributed by atoms with Crippen molar-refractivity contribution in [2.24, 2.45) is 5.92 Å². The summed E-state index contributed by atoms with van der Waals surface area (Å²) in [6, 6.07) is 0. The maximum atomic E-state index is 6.81. The molecule has 0 spiro atoms. The van der Waals surface area contributed by atoms with Crippen molar-refractivity contribution in [1.82, 2.24) is 29.1 Å². The first-order valence-electron chi connectivity index (χ1n) is 15.4. The normalized spacial score (nSPS) is 20.7. The van der Waals surface area contributed by atoms with Crippen LogP contribution in [0.25, 0.3) is 27.6 Å². The highest BCUT2D eigenvalue weighted by Crippen LogP contribution is 2.46. The highest BCUT2D eigenvalue weighted by atomic mass is 35.5. The molecule has 46 heavy (non-hydrogen) atoms. The Bertz CT molecular complexity index is 1900. The first-order chi connectivity index (χ1) is 21.4. The van der Waals surface area contributed by atoms with E-state index in [1.54, 1.807) is 0 Å². The molecule has 4 N–H and O–H groups in total. The number of aromatic nitrogens is 6. The molecule has 4 heterocycles. The molecule has 0 aliphatic heterocycles. The van der Waals surface area contributed by atoms with Crippen molar-refractivity contribution in [3.8, 4) is 0 Å². The van der Waals surface area contributed by atoms with Crippen LogP contribution < -0.4 is 11.5 Å². The fourth-order valence-corrected chi connectivity index (χ4v) is 8.06. The summed E-state index contributed by atoms with van der Waals surface area (Å²) in [7, 11) is 0. The van der Waals surface area contributed by atoms with Gasteiger partial charge in [0.1, 0.15) is 45.9 Å². The molecule has 246 valence electrons. The van der Waals surface area contributed by atoms with E-state index >= 15 is 0 Å². The van der Waals surface area contributed by atoms with Gasteiger partial charge in [-0.25, -0.2) is 19.9 Å². The molecule has 0 saturated carbocycles. The third-order valence-electron chi connectivity index (χ3n) is 8.51. The van der Waals surface area contributed by atoms with Gasteiger partial charge in [-0.2, -0.15) is 0 Å². The van der Waals surface area contributed by atoms with Crippen molar-refractivity contribution < 1.29 is 0 Å². The average molecular weight is 705 g/mol. The number of halogens is 4. The van der Waals surface area contributed by atoms with Crippen LogP contribution in [0.5, 0.6) is 0 Å². The molecule has 3 atom stereocenters. The smallest absolute Gasteiger partial charge is 0.147 e. The summed E-state index contributed by atoms with van der Waals surface area (Å²) in [5, 5.41) is 3.56. The number of alkyl halides is 1. The van der Waals surface area contributed by atoms with Gasteiger partial charge in [-0.1, -0.05) is 59.5 Å². The van der Waals surface area contributed by atoms with Gasteiger partial charge in [-0.3, -0.25) is 0 Å². The Morgan fingerprint density at radius 2 is 1.37 bits per heavy atom. The number of anilines is 2. The molecular weight excluding hydrogens is 662 g/mol. The molecule has 12 heteroatoms. The lowest BCUT2D eigenvalue weighted by Gasteiger charge is -2.26. The Morgan fingerprint density at radius 3 is 1.96 bits per heavy atom. The third-order valence-corrected chi connectivity index (χ3v) is 10.1. The number of fused-ring (bicyclic) bond motifs is 2. The van der Waals surface area contributed by atoms with Crippen LogP contribution in [0.4, 0.5) is 11.6 Å². The molecule has 0 radical (unpaired) electrons. The van der Waals surface area contributed by atoms with E-state index in [-0.39, 0.29) is 22.4 Å². The van der Waals surface area contributed by atoms with Crippen molar-refractivity contribution in [3.05, 3.63) is 62.9 Å². The maximum absolute atomic E-state index is 6.81. The molecule has 2 aliphatic carbocycles. The van der Waals surface area contributed by atoms with Gasteiger partial charge >= 0.3 is 0 Å². The zero-order valence-electron chi connectivity index (χ0n) is 27.6. The van der Waals surface area contributed by atoms with Gasteiger partial charge in [-0.05, 0) is 85.3 Å². The van der Waals surface area contributed by atoms with E-state index in [1.807, 2.05) is 15.2 Å². The minimum atomic E-state index is -0.239. The zero-order chi connectivity index (χ0) is 33.9. The van der Waals surface area contributed by atoms with Gasteiger partial charge in [0.15, 0.2) is 0 Å². The summed E-state index contributed by atoms with van der Waals surface area (Å²) in [6.45, 7) is 16.8. The molecule has 6 rings (SSSR count). The lowest BCUT2D eigenvalue weighted by molar-refractivity contribution is 0.408. The van der Waals surface area contributed by atoms with Crippen LogP contribution in [0.15, 0.2) is 41.5 Å². The first kappa shape index (κ1) is 34.6. The second kappa shape index (κ2) is 12.7. The monoisotopic (exact) mass is 702 g/mol. The lowest BCUT2D eigenvalue weighted by atomic mass is 9.85. The molecule has 0 fully saturated rings. The van der Waals surface area contributed by atoms with Crippen molar-refractivity contribution in [1.29, 1.82) is 0 Å². The average Bonchev–Trinajstić information content (AvgIpc) is 3.43. The fourth-order valence-electron chi connectivity index (χ4n) is 6.41. The second-order valence-corrected chi connectivity index (χ2v) is 15.9. The van der Waals surface area contributed by atoms with Crippen LogP contribution in [-0.2, 0) is 11.1 Å². The molecule has 1 unspecified atom stereocenters. The molecular formula is C34H42Cl4N8. The molecule has 0 amide bonds. The van der Waals surface area contributed by atoms with Gasteiger partial charge in [0.2, 0.25) is 0 Å². The highest BCUT2D eigenvalue weighted by molar-refractivity contribution is 6.38. The Labute approximate surface area is 290 Å². The fraction of sp³-hybridized carbons (Fsp3) is 0.471. The maximum Gasteiger partial charge on any atom is 0.147 e. The number of nitrogens with zero attached hydrogens (tertiary/aromatic N) is 6. The van der Waals surface area contributed by atoms with E-state index in [2.05, 4.69) is 87.5 Å². The first-order valence-corrected chi connectivity index (χ1v) is 17.0. The van der Waals surface area contributed by atoms with E-state index in [9.17, 15) is 0 Å². The van der Waals surface area contributed by atoms with Crippen LogP contribution in [0, 0.1) is 5.92 Å². The van der Waals surface area contributed by atoms with Gasteiger partial charge in [0.05, 0.1) is 10.8 Å². The molecule has 8 nitrogen and oxygen atoms in total. The summed E-state index contributed by atoms with van der Waals surface area (Å²) in [6.07, 6.45) is 12.0. The molecule has 0 aromatic carbocycles. The van der Waals surface area contributed by atoms with Gasteiger partial charge in [0.25, 0.3) is 0 Å². The van der Waals surface area contributed by atoms with E-state index in [1.165, 1.54) is 18.2 Å². The largest absolute Gasteiger partial charge is 0.383 e. The summed E-state index contributed by atoms with van der Waals surface area (Å²) in [5.74, 6) is 1.30. The number of hydrogen-bond donors (Lipinski definition) is 2.